The minimum atomic E-state index is -0.541. The Balaban J connectivity index is 0.000000240. The summed E-state index contributed by atoms with van der Waals surface area (Å²) < 4.78 is 18.7. The highest BCUT2D eigenvalue weighted by molar-refractivity contribution is 9.08. The van der Waals surface area contributed by atoms with Gasteiger partial charge in [-0.05, 0) is 13.8 Å². The van der Waals surface area contributed by atoms with Crippen molar-refractivity contribution in [3.8, 4) is 0 Å². The van der Waals surface area contributed by atoms with Gasteiger partial charge in [0, 0.05) is 12.1 Å². The summed E-state index contributed by atoms with van der Waals surface area (Å²) in [6.07, 6.45) is 0. The van der Waals surface area contributed by atoms with E-state index in [-0.39, 0.29) is 23.8 Å². The zero-order chi connectivity index (χ0) is 17.9. The Hall–Kier alpha value is -2.20. The molecule has 2 aromatic rings. The molecule has 0 saturated carbocycles. The van der Waals surface area contributed by atoms with E-state index in [0.717, 1.165) is 0 Å². The van der Waals surface area contributed by atoms with Gasteiger partial charge in [-0.25, -0.2) is 9.59 Å². The molecule has 0 fully saturated rings. The van der Waals surface area contributed by atoms with E-state index in [1.165, 1.54) is 6.07 Å². The van der Waals surface area contributed by atoms with E-state index < -0.39 is 11.9 Å². The molecule has 0 saturated heterocycles. The number of rotatable bonds is 6. The maximum atomic E-state index is 11.0. The molecule has 0 unspecified atom stereocenters. The highest BCUT2D eigenvalue weighted by Gasteiger charge is 2.13. The molecule has 2 rings (SSSR count). The van der Waals surface area contributed by atoms with Crippen LogP contribution in [0.3, 0.4) is 0 Å². The molecule has 0 amide bonds. The van der Waals surface area contributed by atoms with Gasteiger partial charge in [0.1, 0.15) is 12.4 Å². The highest BCUT2D eigenvalue weighted by Crippen LogP contribution is 2.08. The van der Waals surface area contributed by atoms with E-state index in [1.807, 2.05) is 0 Å². The summed E-state index contributed by atoms with van der Waals surface area (Å²) in [5.41, 5.74) is 0.298. The Morgan fingerprint density at radius 3 is 1.83 bits per heavy atom. The Morgan fingerprint density at radius 2 is 1.50 bits per heavy atom. The van der Waals surface area contributed by atoms with Gasteiger partial charge in [0.15, 0.2) is 17.1 Å². The van der Waals surface area contributed by atoms with Crippen molar-refractivity contribution in [2.45, 2.75) is 25.8 Å². The van der Waals surface area contributed by atoms with Gasteiger partial charge in [-0.2, -0.15) is 0 Å². The van der Waals surface area contributed by atoms with Gasteiger partial charge < -0.3 is 23.6 Å². The van der Waals surface area contributed by atoms with Crippen LogP contribution >= 0.6 is 15.9 Å². The molecule has 1 N–H and O–H groups in total. The molecule has 0 atom stereocenters. The quantitative estimate of drug-likeness (QED) is 0.568. The fraction of sp³-hybridized carbons (Fsp3) is 0.429. The first-order chi connectivity index (χ1) is 11.5. The van der Waals surface area contributed by atoms with Gasteiger partial charge in [-0.1, -0.05) is 26.2 Å². The Morgan fingerprint density at radius 1 is 1.04 bits per heavy atom. The molecular formula is C14H17BrN2O7. The maximum Gasteiger partial charge on any atom is 0.360 e. The van der Waals surface area contributed by atoms with Crippen LogP contribution in [0.5, 0.6) is 0 Å². The predicted molar refractivity (Wildman–Crippen MR) is 83.5 cm³/mol. The van der Waals surface area contributed by atoms with Crippen molar-refractivity contribution >= 4 is 27.9 Å². The number of nitrogens with zero attached hydrogens (tertiary/aromatic N) is 2. The smallest absolute Gasteiger partial charge is 0.360 e. The number of aliphatic hydroxyl groups is 1. The Kier molecular flexibility index (Phi) is 8.72. The standard InChI is InChI=1S/C7H8BrNO3.C7H9NO4/c1-2-11-7(10)6-3-5(4-8)12-9-6;1-2-11-7(10)6-3-5(4-9)12-8-6/h3H,2,4H2,1H3;3,9H,2,4H2,1H3. The monoisotopic (exact) mass is 404 g/mol. The lowest BCUT2D eigenvalue weighted by Gasteiger charge is -1.94. The normalized spacial score (nSPS) is 9.83. The lowest BCUT2D eigenvalue weighted by Crippen LogP contribution is -2.04. The summed E-state index contributed by atoms with van der Waals surface area (Å²) in [5, 5.41) is 16.0. The van der Waals surface area contributed by atoms with Crippen LogP contribution in [0.2, 0.25) is 0 Å². The molecule has 0 spiro atoms. The Bertz CT molecular complexity index is 597. The molecular weight excluding hydrogens is 388 g/mol. The SMILES string of the molecule is CCOC(=O)c1cc(CBr)on1.CCOC(=O)c1cc(CO)on1. The zero-order valence-corrected chi connectivity index (χ0v) is 14.7. The van der Waals surface area contributed by atoms with Gasteiger partial charge in [0.05, 0.1) is 18.5 Å². The van der Waals surface area contributed by atoms with Crippen LogP contribution < -0.4 is 0 Å². The first-order valence-electron chi connectivity index (χ1n) is 6.97. The molecule has 0 aromatic carbocycles. The summed E-state index contributed by atoms with van der Waals surface area (Å²) in [6.45, 7) is 3.80. The number of hydrogen-bond donors (Lipinski definition) is 1. The van der Waals surface area contributed by atoms with Crippen molar-refractivity contribution in [2.75, 3.05) is 13.2 Å². The molecule has 2 heterocycles. The van der Waals surface area contributed by atoms with Gasteiger partial charge in [0.25, 0.3) is 0 Å². The molecule has 0 aliphatic carbocycles. The number of ether oxygens (including phenoxy) is 2. The van der Waals surface area contributed by atoms with Gasteiger partial charge in [-0.15, -0.1) is 0 Å². The molecule has 0 aliphatic heterocycles. The van der Waals surface area contributed by atoms with Gasteiger partial charge >= 0.3 is 11.9 Å². The van der Waals surface area contributed by atoms with E-state index in [0.29, 0.717) is 24.3 Å². The summed E-state index contributed by atoms with van der Waals surface area (Å²) in [5.74, 6) is -0.134. The number of alkyl halides is 1. The molecule has 0 radical (unpaired) electrons. The minimum absolute atomic E-state index is 0.0842. The zero-order valence-electron chi connectivity index (χ0n) is 13.2. The maximum absolute atomic E-state index is 11.0. The highest BCUT2D eigenvalue weighted by atomic mass is 79.9. The lowest BCUT2D eigenvalue weighted by atomic mass is 10.4. The van der Waals surface area contributed by atoms with Crippen LogP contribution in [-0.4, -0.2) is 40.6 Å². The van der Waals surface area contributed by atoms with Crippen LogP contribution in [-0.2, 0) is 21.4 Å². The summed E-state index contributed by atoms with van der Waals surface area (Å²) >= 11 is 3.17. The molecule has 0 aliphatic rings. The molecule has 9 nitrogen and oxygen atoms in total. The number of carbonyl (C=O) groups is 2. The third kappa shape index (κ3) is 6.13. The first kappa shape index (κ1) is 19.8. The molecule has 2 aromatic heterocycles. The van der Waals surface area contributed by atoms with E-state index in [1.54, 1.807) is 19.9 Å². The van der Waals surface area contributed by atoms with Crippen LogP contribution in [0.1, 0.15) is 46.3 Å². The third-order valence-electron chi connectivity index (χ3n) is 2.37. The fourth-order valence-electron chi connectivity index (χ4n) is 1.37. The summed E-state index contributed by atoms with van der Waals surface area (Å²) in [6, 6.07) is 2.89. The molecule has 0 bridgehead atoms. The van der Waals surface area contributed by atoms with E-state index in [2.05, 4.69) is 35.5 Å². The fourth-order valence-corrected chi connectivity index (χ4v) is 1.63. The van der Waals surface area contributed by atoms with Gasteiger partial charge in [-0.3, -0.25) is 0 Å². The largest absolute Gasteiger partial charge is 0.461 e. The average Bonchev–Trinajstić information content (AvgIpc) is 3.25. The predicted octanol–water partition coefficient (Wildman–Crippen LogP) is 2.09. The van der Waals surface area contributed by atoms with Crippen LogP contribution in [0, 0.1) is 0 Å². The number of hydrogen-bond acceptors (Lipinski definition) is 9. The van der Waals surface area contributed by atoms with Crippen molar-refractivity contribution in [3.63, 3.8) is 0 Å². The second-order valence-electron chi connectivity index (χ2n) is 4.09. The molecule has 10 heteroatoms. The van der Waals surface area contributed by atoms with Gasteiger partial charge in [0.2, 0.25) is 0 Å². The second kappa shape index (κ2) is 10.6. The lowest BCUT2D eigenvalue weighted by molar-refractivity contribution is 0.0504. The Labute approximate surface area is 146 Å². The topological polar surface area (TPSA) is 125 Å². The summed E-state index contributed by atoms with van der Waals surface area (Å²) in [4.78, 5) is 22.0. The summed E-state index contributed by atoms with van der Waals surface area (Å²) in [7, 11) is 0. The van der Waals surface area contributed by atoms with Crippen LogP contribution in [0.4, 0.5) is 0 Å². The van der Waals surface area contributed by atoms with Crippen molar-refractivity contribution < 1.29 is 33.2 Å². The number of carbonyl (C=O) groups excluding carboxylic acids is 2. The number of halogens is 1. The van der Waals surface area contributed by atoms with Crippen LogP contribution in [0.15, 0.2) is 21.2 Å². The van der Waals surface area contributed by atoms with Crippen molar-refractivity contribution in [1.29, 1.82) is 0 Å². The third-order valence-corrected chi connectivity index (χ3v) is 2.93. The average molecular weight is 405 g/mol. The molecule has 24 heavy (non-hydrogen) atoms. The number of aromatic nitrogens is 2. The van der Waals surface area contributed by atoms with E-state index >= 15 is 0 Å². The van der Waals surface area contributed by atoms with Crippen molar-refractivity contribution in [3.05, 3.63) is 35.0 Å². The van der Waals surface area contributed by atoms with Crippen molar-refractivity contribution in [1.82, 2.24) is 10.3 Å². The first-order valence-corrected chi connectivity index (χ1v) is 8.10. The number of aliphatic hydroxyl groups excluding tert-OH is 1. The van der Waals surface area contributed by atoms with E-state index in [4.69, 9.17) is 14.4 Å². The van der Waals surface area contributed by atoms with Crippen molar-refractivity contribution in [2.24, 2.45) is 0 Å². The molecule has 132 valence electrons. The van der Waals surface area contributed by atoms with Crippen LogP contribution in [0.25, 0.3) is 0 Å². The van der Waals surface area contributed by atoms with E-state index in [9.17, 15) is 9.59 Å². The second-order valence-corrected chi connectivity index (χ2v) is 4.65. The number of esters is 2. The minimum Gasteiger partial charge on any atom is -0.461 e.